The number of hydrogen-bond acceptors (Lipinski definition) is 4. The van der Waals surface area contributed by atoms with E-state index in [1.54, 1.807) is 0 Å². The minimum atomic E-state index is -6.00. The minimum absolute atomic E-state index is 0. The molecule has 0 spiro atoms. The Labute approximate surface area is 89.5 Å². The fraction of sp³-hybridized carbons (Fsp3) is 0. The van der Waals surface area contributed by atoms with Crippen molar-refractivity contribution in [2.75, 3.05) is 0 Å². The summed E-state index contributed by atoms with van der Waals surface area (Å²) < 4.78 is 39.0. The minimum Gasteiger partial charge on any atom is -0.512 e. The van der Waals surface area contributed by atoms with E-state index >= 15 is 0 Å². The first-order chi connectivity index (χ1) is 6.00. The molecule has 83 valence electrons. The van der Waals surface area contributed by atoms with Crippen LogP contribution in [0.2, 0.25) is 0 Å². The summed E-state index contributed by atoms with van der Waals surface area (Å²) in [6.07, 6.45) is 0. The Morgan fingerprint density at radius 1 is 0.571 bits per heavy atom. The van der Waals surface area contributed by atoms with Crippen LogP contribution in [0.1, 0.15) is 0 Å². The Bertz CT molecular complexity index is 121. The molecule has 0 aliphatic heterocycles. The standard InChI is InChI=1S/4CN.BF4.Cu/c4*1-2;2-1(3,4)5;/q5*-1;. The van der Waals surface area contributed by atoms with Gasteiger partial charge in [0, 0.05) is 17.1 Å². The molecule has 0 aromatic heterocycles. The Hall–Kier alpha value is -1.74. The maximum Gasteiger partial charge on any atom is 0.673 e. The smallest absolute Gasteiger partial charge is 0.512 e. The van der Waals surface area contributed by atoms with E-state index < -0.39 is 7.25 Å². The van der Waals surface area contributed by atoms with Crippen LogP contribution in [0, 0.1) is 47.3 Å². The summed E-state index contributed by atoms with van der Waals surface area (Å²) in [6.45, 7) is 19.0. The van der Waals surface area contributed by atoms with Gasteiger partial charge in [0.25, 0.3) is 0 Å². The van der Waals surface area contributed by atoms with Crippen LogP contribution in [0.5, 0.6) is 0 Å². The first-order valence-corrected chi connectivity index (χ1v) is 1.77. The van der Waals surface area contributed by atoms with Crippen molar-refractivity contribution in [3.63, 3.8) is 0 Å². The third-order valence-corrected chi connectivity index (χ3v) is 0. The second-order valence-corrected chi connectivity index (χ2v) is 0.495. The van der Waals surface area contributed by atoms with Gasteiger partial charge in [-0.2, -0.15) is 0 Å². The average molecular weight is 254 g/mol. The van der Waals surface area contributed by atoms with E-state index in [1.165, 1.54) is 0 Å². The zero-order chi connectivity index (χ0) is 12.5. The monoisotopic (exact) mass is 254 g/mol. The van der Waals surface area contributed by atoms with E-state index in [0.717, 1.165) is 0 Å². The molecule has 10 heteroatoms. The molecule has 0 atom stereocenters. The van der Waals surface area contributed by atoms with E-state index in [-0.39, 0.29) is 17.1 Å². The zero-order valence-corrected chi connectivity index (χ0v) is 7.12. The molecule has 0 N–H and O–H groups in total. The molecule has 0 bridgehead atoms. The Kier molecular flexibility index (Phi) is 185. The quantitative estimate of drug-likeness (QED) is 0.373. The van der Waals surface area contributed by atoms with Crippen LogP contribution < -0.4 is 0 Å². The summed E-state index contributed by atoms with van der Waals surface area (Å²) in [4.78, 5) is 0. The van der Waals surface area contributed by atoms with Crippen LogP contribution in [0.4, 0.5) is 17.3 Å². The largest absolute Gasteiger partial charge is 0.673 e. The summed E-state index contributed by atoms with van der Waals surface area (Å²) in [5, 5.41) is 25.0. The van der Waals surface area contributed by atoms with Gasteiger partial charge >= 0.3 is 7.25 Å². The molecule has 0 saturated heterocycles. The molecular formula is C4BCuF4N4-5. The number of nitrogens with zero attached hydrogens (tertiary/aromatic N) is 4. The fourth-order valence-corrected chi connectivity index (χ4v) is 0. The van der Waals surface area contributed by atoms with Gasteiger partial charge in [-0.3, -0.25) is 0 Å². The van der Waals surface area contributed by atoms with Crippen molar-refractivity contribution in [2.24, 2.45) is 0 Å². The van der Waals surface area contributed by atoms with Crippen LogP contribution >= 0.6 is 0 Å². The van der Waals surface area contributed by atoms with Crippen molar-refractivity contribution in [2.45, 2.75) is 0 Å². The summed E-state index contributed by atoms with van der Waals surface area (Å²) >= 11 is 0. The third kappa shape index (κ3) is 292. The maximum absolute atomic E-state index is 9.75. The van der Waals surface area contributed by atoms with Gasteiger partial charge in [-0.05, 0) is 0 Å². The molecule has 1 radical (unpaired) electrons. The van der Waals surface area contributed by atoms with Crippen molar-refractivity contribution in [3.05, 3.63) is 26.3 Å². The number of hydrogen-bond donors (Lipinski definition) is 0. The molecule has 0 aliphatic rings. The molecule has 0 heterocycles. The van der Waals surface area contributed by atoms with Gasteiger partial charge in [-0.1, -0.05) is 0 Å². The van der Waals surface area contributed by atoms with Crippen molar-refractivity contribution in [3.8, 4) is 0 Å². The molecule has 4 nitrogen and oxygen atoms in total. The molecule has 0 amide bonds. The zero-order valence-electron chi connectivity index (χ0n) is 6.18. The fourth-order valence-electron chi connectivity index (χ4n) is 0. The van der Waals surface area contributed by atoms with Gasteiger partial charge in [-0.25, -0.2) is 0 Å². The molecular weight excluding hydrogens is 254 g/mol. The van der Waals surface area contributed by atoms with Crippen molar-refractivity contribution in [1.29, 1.82) is 21.0 Å². The SMILES string of the molecule is F[B-](F)(F)F.[C-]#N.[C-]#N.[C-]#N.[C-]#N.[Cu]. The second-order valence-electron chi connectivity index (χ2n) is 0.495. The van der Waals surface area contributed by atoms with E-state index in [1.807, 2.05) is 0 Å². The second kappa shape index (κ2) is 65.3. The Morgan fingerprint density at radius 2 is 0.571 bits per heavy atom. The van der Waals surface area contributed by atoms with Crippen LogP contribution in [0.15, 0.2) is 0 Å². The normalized spacial score (nSPS) is 4.86. The van der Waals surface area contributed by atoms with Gasteiger partial charge in [0.05, 0.1) is 0 Å². The summed E-state index contributed by atoms with van der Waals surface area (Å²) in [6, 6.07) is 0. The van der Waals surface area contributed by atoms with Gasteiger partial charge < -0.3 is 64.6 Å². The van der Waals surface area contributed by atoms with Gasteiger partial charge in [0.1, 0.15) is 0 Å². The molecule has 14 heavy (non-hydrogen) atoms. The first kappa shape index (κ1) is 39.7. The maximum atomic E-state index is 9.75. The average Bonchev–Trinajstić information content (AvgIpc) is 2.14. The first-order valence-electron chi connectivity index (χ1n) is 1.77. The summed E-state index contributed by atoms with van der Waals surface area (Å²) in [5.74, 6) is 0. The van der Waals surface area contributed by atoms with E-state index in [0.29, 0.717) is 0 Å². The molecule has 0 aromatic rings. The third-order valence-electron chi connectivity index (χ3n) is 0. The molecule has 0 fully saturated rings. The summed E-state index contributed by atoms with van der Waals surface area (Å²) in [7, 11) is -6.00. The molecule has 0 unspecified atom stereocenters. The van der Waals surface area contributed by atoms with Crippen molar-refractivity contribution in [1.82, 2.24) is 0 Å². The predicted molar refractivity (Wildman–Crippen MR) is 30.1 cm³/mol. The number of rotatable bonds is 0. The molecule has 0 aromatic carbocycles. The van der Waals surface area contributed by atoms with Crippen LogP contribution in [0.3, 0.4) is 0 Å². The van der Waals surface area contributed by atoms with E-state index in [2.05, 4.69) is 0 Å². The van der Waals surface area contributed by atoms with Crippen LogP contribution in [-0.4, -0.2) is 7.25 Å². The van der Waals surface area contributed by atoms with Crippen LogP contribution in [-0.2, 0) is 17.1 Å². The topological polar surface area (TPSA) is 95.2 Å². The van der Waals surface area contributed by atoms with Crippen LogP contribution in [0.25, 0.3) is 0 Å². The van der Waals surface area contributed by atoms with Crippen molar-refractivity contribution < 1.29 is 34.3 Å². The van der Waals surface area contributed by atoms with Gasteiger partial charge in [-0.15, -0.1) is 0 Å². The van der Waals surface area contributed by atoms with Gasteiger partial charge in [0.2, 0.25) is 0 Å². The Morgan fingerprint density at radius 3 is 0.571 bits per heavy atom. The van der Waals surface area contributed by atoms with E-state index in [4.69, 9.17) is 47.3 Å². The van der Waals surface area contributed by atoms with Gasteiger partial charge in [0.15, 0.2) is 0 Å². The molecule has 0 saturated carbocycles. The Balaban J connectivity index is -0.0000000156. The van der Waals surface area contributed by atoms with Crippen molar-refractivity contribution >= 4 is 7.25 Å². The van der Waals surface area contributed by atoms with E-state index in [9.17, 15) is 17.3 Å². The predicted octanol–water partition coefficient (Wildman–Crippen LogP) is 1.68. The molecule has 0 aliphatic carbocycles. The number of halogens is 4. The molecule has 0 rings (SSSR count). The summed E-state index contributed by atoms with van der Waals surface area (Å²) in [5.41, 5.74) is 0.